The van der Waals surface area contributed by atoms with E-state index in [2.05, 4.69) is 5.32 Å². The lowest BCUT2D eigenvalue weighted by atomic mass is 9.91. The molecular weight excluding hydrogens is 487 g/mol. The first-order valence-corrected chi connectivity index (χ1v) is 11.3. The average Bonchev–Trinajstić information content (AvgIpc) is 2.81. The molecule has 0 saturated heterocycles. The molecule has 2 unspecified atom stereocenters. The van der Waals surface area contributed by atoms with Crippen molar-refractivity contribution < 1.29 is 32.3 Å². The molecule has 0 aliphatic heterocycles. The van der Waals surface area contributed by atoms with E-state index in [-0.39, 0.29) is 29.1 Å². The smallest absolute Gasteiger partial charge is 0.428 e. The average molecular weight is 512 g/mol. The number of aldehydes is 1. The van der Waals surface area contributed by atoms with E-state index in [1.807, 2.05) is 0 Å². The Kier molecular flexibility index (Phi) is 8.61. The maximum atomic E-state index is 14.2. The Morgan fingerprint density at radius 2 is 2.00 bits per heavy atom. The van der Waals surface area contributed by atoms with Gasteiger partial charge < -0.3 is 14.8 Å². The van der Waals surface area contributed by atoms with Crippen LogP contribution >= 0.6 is 11.6 Å². The van der Waals surface area contributed by atoms with Gasteiger partial charge in [0.25, 0.3) is 0 Å². The van der Waals surface area contributed by atoms with Crippen molar-refractivity contribution in [2.75, 3.05) is 18.7 Å². The summed E-state index contributed by atoms with van der Waals surface area (Å²) in [6, 6.07) is 9.00. The van der Waals surface area contributed by atoms with Crippen LogP contribution in [-0.4, -0.2) is 48.9 Å². The molecule has 1 aliphatic carbocycles. The number of hydrogen-bond acceptors (Lipinski definition) is 5. The molecule has 0 radical (unpaired) electrons. The number of alkyl halides is 2. The Hall–Kier alpha value is -3.27. The molecule has 1 saturated carbocycles. The summed E-state index contributed by atoms with van der Waals surface area (Å²) in [6.45, 7) is -0.543. The van der Waals surface area contributed by atoms with Crippen LogP contribution in [0.3, 0.4) is 0 Å². The van der Waals surface area contributed by atoms with Gasteiger partial charge in [-0.2, -0.15) is 0 Å². The second kappa shape index (κ2) is 11.4. The summed E-state index contributed by atoms with van der Waals surface area (Å²) in [6.07, 6.45) is -0.837. The van der Waals surface area contributed by atoms with Gasteiger partial charge in [0, 0.05) is 29.5 Å². The van der Waals surface area contributed by atoms with Crippen LogP contribution in [-0.2, 0) is 14.3 Å². The molecule has 35 heavy (non-hydrogen) atoms. The van der Waals surface area contributed by atoms with Gasteiger partial charge in [0.15, 0.2) is 6.04 Å². The molecule has 3 rings (SSSR count). The molecule has 2 amide bonds. The summed E-state index contributed by atoms with van der Waals surface area (Å²) in [5.41, 5.74) is 0.240. The number of nitrogens with one attached hydrogen (secondary N) is 1. The van der Waals surface area contributed by atoms with Crippen LogP contribution in [0.4, 0.5) is 23.7 Å². The van der Waals surface area contributed by atoms with Gasteiger partial charge in [-0.3, -0.25) is 9.80 Å². The zero-order valence-corrected chi connectivity index (χ0v) is 19.7. The molecule has 2 atom stereocenters. The maximum Gasteiger partial charge on any atom is 0.428 e. The molecular formula is C24H25ClF3N3O4. The number of carbonyl (C=O) groups excluding carboxylic acids is 3. The largest absolute Gasteiger partial charge is 0.452 e. The highest BCUT2D eigenvalue weighted by molar-refractivity contribution is 6.31. The number of ether oxygens (including phenoxy) is 1. The van der Waals surface area contributed by atoms with Crippen molar-refractivity contribution in [2.45, 2.75) is 43.7 Å². The minimum atomic E-state index is -2.92. The van der Waals surface area contributed by atoms with Crippen LogP contribution in [0.5, 0.6) is 0 Å². The van der Waals surface area contributed by atoms with Crippen LogP contribution in [0.2, 0.25) is 5.02 Å². The number of methoxy groups -OCH3 is 1. The number of benzene rings is 2. The lowest BCUT2D eigenvalue weighted by molar-refractivity contribution is -0.125. The fraction of sp³-hybridized carbons (Fsp3) is 0.375. The van der Waals surface area contributed by atoms with Crippen LogP contribution in [0.1, 0.15) is 37.3 Å². The highest BCUT2D eigenvalue weighted by Crippen LogP contribution is 2.36. The molecule has 2 aromatic rings. The Labute approximate surface area is 205 Å². The van der Waals surface area contributed by atoms with E-state index in [1.165, 1.54) is 30.3 Å². The van der Waals surface area contributed by atoms with Crippen LogP contribution in [0.15, 0.2) is 48.5 Å². The van der Waals surface area contributed by atoms with Gasteiger partial charge in [-0.05, 0) is 37.1 Å². The van der Waals surface area contributed by atoms with Crippen molar-refractivity contribution in [3.05, 3.63) is 64.9 Å². The Morgan fingerprint density at radius 1 is 1.26 bits per heavy atom. The van der Waals surface area contributed by atoms with Crippen molar-refractivity contribution in [1.29, 1.82) is 0 Å². The molecule has 11 heteroatoms. The lowest BCUT2D eigenvalue weighted by Crippen LogP contribution is -2.55. The predicted octanol–water partition coefficient (Wildman–Crippen LogP) is 4.90. The summed E-state index contributed by atoms with van der Waals surface area (Å²) in [7, 11) is 1.08. The molecule has 0 aromatic heterocycles. The van der Waals surface area contributed by atoms with E-state index in [0.717, 1.165) is 23.2 Å². The van der Waals surface area contributed by atoms with Crippen LogP contribution < -0.4 is 10.3 Å². The van der Waals surface area contributed by atoms with E-state index in [4.69, 9.17) is 16.3 Å². The minimum absolute atomic E-state index is 0.0336. The first kappa shape index (κ1) is 26.3. The summed E-state index contributed by atoms with van der Waals surface area (Å²) in [5.74, 6) is -4.35. The van der Waals surface area contributed by atoms with Crippen molar-refractivity contribution >= 4 is 35.6 Å². The minimum Gasteiger partial charge on any atom is -0.452 e. The van der Waals surface area contributed by atoms with E-state index in [9.17, 15) is 27.6 Å². The van der Waals surface area contributed by atoms with E-state index in [1.54, 1.807) is 12.1 Å². The third-order valence-electron chi connectivity index (χ3n) is 5.64. The van der Waals surface area contributed by atoms with Crippen molar-refractivity contribution in [2.24, 2.45) is 0 Å². The fourth-order valence-corrected chi connectivity index (χ4v) is 4.37. The zero-order chi connectivity index (χ0) is 25.6. The normalized spacial score (nSPS) is 17.7. The van der Waals surface area contributed by atoms with Crippen LogP contribution in [0.25, 0.3) is 0 Å². The highest BCUT2D eigenvalue weighted by Gasteiger charge is 2.41. The quantitative estimate of drug-likeness (QED) is 0.403. The van der Waals surface area contributed by atoms with Crippen molar-refractivity contribution in [3.63, 3.8) is 0 Å². The first-order valence-electron chi connectivity index (χ1n) is 10.9. The van der Waals surface area contributed by atoms with Gasteiger partial charge in [-0.25, -0.2) is 23.0 Å². The summed E-state index contributed by atoms with van der Waals surface area (Å²) in [5, 5.41) is 4.69. The fourth-order valence-electron chi connectivity index (χ4n) is 4.13. The summed E-state index contributed by atoms with van der Waals surface area (Å²) in [4.78, 5) is 37.8. The number of hydrogen-bond donors (Lipinski definition) is 1. The van der Waals surface area contributed by atoms with Gasteiger partial charge in [0.05, 0.1) is 12.8 Å². The first-order chi connectivity index (χ1) is 16.7. The molecule has 1 aliphatic rings. The summed E-state index contributed by atoms with van der Waals surface area (Å²) >= 11 is 6.40. The monoisotopic (exact) mass is 511 g/mol. The lowest BCUT2D eigenvalue weighted by Gasteiger charge is -2.40. The second-order valence-corrected chi connectivity index (χ2v) is 8.53. The third-order valence-corrected chi connectivity index (χ3v) is 5.99. The molecule has 0 spiro atoms. The van der Waals surface area contributed by atoms with E-state index >= 15 is 0 Å². The van der Waals surface area contributed by atoms with E-state index < -0.39 is 48.8 Å². The number of rotatable bonds is 8. The Morgan fingerprint density at radius 3 is 2.63 bits per heavy atom. The molecule has 0 bridgehead atoms. The zero-order valence-electron chi connectivity index (χ0n) is 18.9. The maximum absolute atomic E-state index is 14.2. The second-order valence-electron chi connectivity index (χ2n) is 8.13. The molecule has 2 aromatic carbocycles. The van der Waals surface area contributed by atoms with Gasteiger partial charge in [-0.1, -0.05) is 35.9 Å². The molecule has 188 valence electrons. The summed E-state index contributed by atoms with van der Waals surface area (Å²) < 4.78 is 47.0. The molecule has 0 heterocycles. The topological polar surface area (TPSA) is 79.0 Å². The van der Waals surface area contributed by atoms with E-state index in [0.29, 0.717) is 12.7 Å². The SMILES string of the molecule is COC(=O)N(CC=O)N(c1cccc(F)c1)C(C(=O)NC1CCCC(F)(F)C1)c1ccccc1Cl. The van der Waals surface area contributed by atoms with Crippen LogP contribution in [0, 0.1) is 5.82 Å². The molecule has 7 nitrogen and oxygen atoms in total. The van der Waals surface area contributed by atoms with Gasteiger partial charge in [0.2, 0.25) is 11.8 Å². The number of nitrogens with zero attached hydrogens (tertiary/aromatic N) is 2. The predicted molar refractivity (Wildman–Crippen MR) is 124 cm³/mol. The van der Waals surface area contributed by atoms with Gasteiger partial charge in [0.1, 0.15) is 18.6 Å². The van der Waals surface area contributed by atoms with Gasteiger partial charge in [-0.15, -0.1) is 0 Å². The standard InChI is InChI=1S/C24H25ClF3N3O4/c1-35-23(34)30(12-13-32)31(18-8-4-6-16(26)14-18)21(19-9-2-3-10-20(19)25)22(33)29-17-7-5-11-24(27,28)15-17/h2-4,6,8-10,13-14,17,21H,5,7,11-12,15H2,1H3,(H,29,33). The Balaban J connectivity index is 2.14. The number of halogens is 4. The number of amides is 2. The number of carbonyl (C=O) groups is 3. The molecule has 1 fully saturated rings. The Bertz CT molecular complexity index is 1070. The van der Waals surface area contributed by atoms with Crippen molar-refractivity contribution in [3.8, 4) is 0 Å². The highest BCUT2D eigenvalue weighted by atomic mass is 35.5. The number of hydrazine groups is 1. The third kappa shape index (κ3) is 6.45. The number of anilines is 1. The van der Waals surface area contributed by atoms with Gasteiger partial charge >= 0.3 is 6.09 Å². The molecule has 1 N–H and O–H groups in total. The van der Waals surface area contributed by atoms with Crippen molar-refractivity contribution in [1.82, 2.24) is 10.3 Å².